The molecule has 0 heterocycles. The maximum absolute atomic E-state index is 9.42. The van der Waals surface area contributed by atoms with Crippen LogP contribution in [-0.2, 0) is 5.41 Å². The standard InChI is InChI=1S/C14H24N2O/c1-4-16(5-2)13-8-6-12(7-9-13)14(3,10-15)11-17/h6-9,17H,4-5,10-11,15H2,1-3H3. The van der Waals surface area contributed by atoms with Crippen LogP contribution < -0.4 is 10.6 Å². The Balaban J connectivity index is 2.94. The van der Waals surface area contributed by atoms with E-state index in [4.69, 9.17) is 5.73 Å². The highest BCUT2D eigenvalue weighted by molar-refractivity contribution is 5.48. The zero-order valence-electron chi connectivity index (χ0n) is 11.1. The molecule has 0 saturated heterocycles. The fourth-order valence-corrected chi connectivity index (χ4v) is 1.94. The predicted octanol–water partition coefficient (Wildman–Crippen LogP) is 1.74. The molecule has 1 rings (SSSR count). The van der Waals surface area contributed by atoms with Crippen LogP contribution in [0.1, 0.15) is 26.3 Å². The monoisotopic (exact) mass is 236 g/mol. The van der Waals surface area contributed by atoms with Crippen LogP contribution in [0.5, 0.6) is 0 Å². The average Bonchev–Trinajstić information content (AvgIpc) is 2.40. The molecule has 0 aromatic heterocycles. The van der Waals surface area contributed by atoms with Gasteiger partial charge in [-0.2, -0.15) is 0 Å². The summed E-state index contributed by atoms with van der Waals surface area (Å²) in [5.74, 6) is 0. The van der Waals surface area contributed by atoms with Crippen molar-refractivity contribution in [2.75, 3.05) is 31.1 Å². The number of aliphatic hydroxyl groups is 1. The zero-order chi connectivity index (χ0) is 12.9. The summed E-state index contributed by atoms with van der Waals surface area (Å²) in [6, 6.07) is 8.34. The van der Waals surface area contributed by atoms with Gasteiger partial charge in [-0.15, -0.1) is 0 Å². The SMILES string of the molecule is CCN(CC)c1ccc(C(C)(CN)CO)cc1. The number of rotatable bonds is 6. The second-order valence-electron chi connectivity index (χ2n) is 4.64. The van der Waals surface area contributed by atoms with Crippen molar-refractivity contribution in [1.29, 1.82) is 0 Å². The first-order valence-corrected chi connectivity index (χ1v) is 6.27. The van der Waals surface area contributed by atoms with Gasteiger partial charge in [-0.1, -0.05) is 19.1 Å². The first-order chi connectivity index (χ1) is 8.11. The Morgan fingerprint density at radius 2 is 1.71 bits per heavy atom. The molecule has 1 unspecified atom stereocenters. The third kappa shape index (κ3) is 2.99. The van der Waals surface area contributed by atoms with E-state index in [1.165, 1.54) is 5.69 Å². The van der Waals surface area contributed by atoms with E-state index in [0.29, 0.717) is 6.54 Å². The highest BCUT2D eigenvalue weighted by Gasteiger charge is 2.23. The van der Waals surface area contributed by atoms with Crippen molar-refractivity contribution in [3.63, 3.8) is 0 Å². The van der Waals surface area contributed by atoms with Gasteiger partial charge in [0.1, 0.15) is 0 Å². The minimum absolute atomic E-state index is 0.0775. The van der Waals surface area contributed by atoms with Crippen LogP contribution in [0.3, 0.4) is 0 Å². The Labute approximate surface area is 104 Å². The summed E-state index contributed by atoms with van der Waals surface area (Å²) in [6.07, 6.45) is 0. The highest BCUT2D eigenvalue weighted by Crippen LogP contribution is 2.24. The van der Waals surface area contributed by atoms with Crippen LogP contribution in [0.25, 0.3) is 0 Å². The van der Waals surface area contributed by atoms with E-state index < -0.39 is 0 Å². The number of nitrogens with zero attached hydrogens (tertiary/aromatic N) is 1. The third-order valence-corrected chi connectivity index (χ3v) is 3.49. The van der Waals surface area contributed by atoms with E-state index in [2.05, 4.69) is 43.0 Å². The lowest BCUT2D eigenvalue weighted by Gasteiger charge is -2.27. The molecule has 0 aliphatic heterocycles. The third-order valence-electron chi connectivity index (χ3n) is 3.49. The van der Waals surface area contributed by atoms with Crippen LogP contribution >= 0.6 is 0 Å². The van der Waals surface area contributed by atoms with Crippen molar-refractivity contribution >= 4 is 5.69 Å². The van der Waals surface area contributed by atoms with Crippen molar-refractivity contribution < 1.29 is 5.11 Å². The van der Waals surface area contributed by atoms with Gasteiger partial charge in [0.25, 0.3) is 0 Å². The highest BCUT2D eigenvalue weighted by atomic mass is 16.3. The molecule has 0 fully saturated rings. The molecule has 0 saturated carbocycles. The number of hydrogen-bond acceptors (Lipinski definition) is 3. The first kappa shape index (κ1) is 14.0. The summed E-state index contributed by atoms with van der Waals surface area (Å²) in [7, 11) is 0. The van der Waals surface area contributed by atoms with E-state index in [1.807, 2.05) is 6.92 Å². The van der Waals surface area contributed by atoms with Crippen molar-refractivity contribution in [2.45, 2.75) is 26.2 Å². The molecule has 3 nitrogen and oxygen atoms in total. The zero-order valence-corrected chi connectivity index (χ0v) is 11.1. The van der Waals surface area contributed by atoms with Crippen molar-refractivity contribution in [2.24, 2.45) is 5.73 Å². The van der Waals surface area contributed by atoms with Crippen LogP contribution in [0.15, 0.2) is 24.3 Å². The van der Waals surface area contributed by atoms with Crippen LogP contribution in [-0.4, -0.2) is 31.3 Å². The smallest absolute Gasteiger partial charge is 0.0537 e. The second-order valence-corrected chi connectivity index (χ2v) is 4.64. The summed E-state index contributed by atoms with van der Waals surface area (Å²) in [5, 5.41) is 9.42. The number of aliphatic hydroxyl groups excluding tert-OH is 1. The molecule has 0 spiro atoms. The summed E-state index contributed by atoms with van der Waals surface area (Å²) < 4.78 is 0. The molecule has 3 N–H and O–H groups in total. The number of nitrogens with two attached hydrogens (primary N) is 1. The Morgan fingerprint density at radius 3 is 2.06 bits per heavy atom. The Bertz CT molecular complexity index is 327. The van der Waals surface area contributed by atoms with E-state index in [1.54, 1.807) is 0 Å². The second kappa shape index (κ2) is 6.03. The lowest BCUT2D eigenvalue weighted by atomic mass is 9.83. The molecule has 1 aromatic carbocycles. The fourth-order valence-electron chi connectivity index (χ4n) is 1.94. The normalized spacial score (nSPS) is 14.4. The van der Waals surface area contributed by atoms with Gasteiger partial charge in [-0.3, -0.25) is 0 Å². The summed E-state index contributed by atoms with van der Waals surface area (Å²) in [5.41, 5.74) is 7.71. The van der Waals surface area contributed by atoms with Gasteiger partial charge in [0, 0.05) is 30.7 Å². The van der Waals surface area contributed by atoms with Gasteiger partial charge in [-0.05, 0) is 31.5 Å². The molecular weight excluding hydrogens is 212 g/mol. The number of benzene rings is 1. The maximum atomic E-state index is 9.42. The molecule has 0 bridgehead atoms. The lowest BCUT2D eigenvalue weighted by Crippen LogP contribution is -2.35. The Hall–Kier alpha value is -1.06. The minimum Gasteiger partial charge on any atom is -0.395 e. The molecule has 17 heavy (non-hydrogen) atoms. The van der Waals surface area contributed by atoms with Gasteiger partial charge in [-0.25, -0.2) is 0 Å². The van der Waals surface area contributed by atoms with Gasteiger partial charge in [0.05, 0.1) is 6.61 Å². The minimum atomic E-state index is -0.332. The van der Waals surface area contributed by atoms with Crippen molar-refractivity contribution in [1.82, 2.24) is 0 Å². The van der Waals surface area contributed by atoms with Gasteiger partial charge < -0.3 is 15.7 Å². The van der Waals surface area contributed by atoms with E-state index in [-0.39, 0.29) is 12.0 Å². The molecule has 0 amide bonds. The summed E-state index contributed by atoms with van der Waals surface area (Å²) in [6.45, 7) is 8.82. The van der Waals surface area contributed by atoms with Crippen molar-refractivity contribution in [3.05, 3.63) is 29.8 Å². The fraction of sp³-hybridized carbons (Fsp3) is 0.571. The summed E-state index contributed by atoms with van der Waals surface area (Å²) in [4.78, 5) is 2.29. The number of hydrogen-bond donors (Lipinski definition) is 2. The lowest BCUT2D eigenvalue weighted by molar-refractivity contribution is 0.210. The molecule has 0 radical (unpaired) electrons. The molecule has 1 atom stereocenters. The topological polar surface area (TPSA) is 49.5 Å². The van der Waals surface area contributed by atoms with E-state index in [9.17, 15) is 5.11 Å². The largest absolute Gasteiger partial charge is 0.395 e. The van der Waals surface area contributed by atoms with Gasteiger partial charge in [0.2, 0.25) is 0 Å². The quantitative estimate of drug-likeness (QED) is 0.791. The Kier molecular flexibility index (Phi) is 4.97. The van der Waals surface area contributed by atoms with Crippen LogP contribution in [0.4, 0.5) is 5.69 Å². The van der Waals surface area contributed by atoms with E-state index in [0.717, 1.165) is 18.7 Å². The average molecular weight is 236 g/mol. The molecule has 96 valence electrons. The van der Waals surface area contributed by atoms with Crippen molar-refractivity contribution in [3.8, 4) is 0 Å². The van der Waals surface area contributed by atoms with Crippen LogP contribution in [0, 0.1) is 0 Å². The summed E-state index contributed by atoms with van der Waals surface area (Å²) >= 11 is 0. The van der Waals surface area contributed by atoms with Gasteiger partial charge in [0.15, 0.2) is 0 Å². The maximum Gasteiger partial charge on any atom is 0.0537 e. The molecule has 1 aromatic rings. The first-order valence-electron chi connectivity index (χ1n) is 6.27. The number of anilines is 1. The molecule has 3 heteroatoms. The van der Waals surface area contributed by atoms with Gasteiger partial charge >= 0.3 is 0 Å². The predicted molar refractivity (Wildman–Crippen MR) is 73.5 cm³/mol. The van der Waals surface area contributed by atoms with E-state index >= 15 is 0 Å². The molecule has 0 aliphatic rings. The van der Waals surface area contributed by atoms with Crippen LogP contribution in [0.2, 0.25) is 0 Å². The molecular formula is C14H24N2O. The molecule has 0 aliphatic carbocycles. The Morgan fingerprint density at radius 1 is 1.18 bits per heavy atom.